The molecule has 11 nitrogen and oxygen atoms in total. The Morgan fingerprint density at radius 3 is 2.41 bits per heavy atom. The van der Waals surface area contributed by atoms with Crippen LogP contribution in [0, 0.1) is 10.1 Å². The smallest absolute Gasteiger partial charge is 0.308 e. The molecule has 0 saturated carbocycles. The third kappa shape index (κ3) is 6.24. The standard InChI is InChI=1S/C21H23N5O6/c27-19(25-13-11-24(12-14-25)18-3-1-2-9-22-18)15-32-20(28)8-10-23-21(29)16-4-6-17(7-5-16)26(30)31/h1-7,9H,8,10-15H2,(H,23,29). The molecule has 2 aromatic rings. The summed E-state index contributed by atoms with van der Waals surface area (Å²) >= 11 is 0. The molecule has 1 aliphatic heterocycles. The van der Waals surface area contributed by atoms with E-state index in [1.165, 1.54) is 24.3 Å². The zero-order valence-corrected chi connectivity index (χ0v) is 17.3. The molecule has 1 fully saturated rings. The monoisotopic (exact) mass is 441 g/mol. The van der Waals surface area contributed by atoms with Gasteiger partial charge in [0.15, 0.2) is 6.61 Å². The van der Waals surface area contributed by atoms with Crippen molar-refractivity contribution in [3.63, 3.8) is 0 Å². The second kappa shape index (κ2) is 10.8. The number of amides is 2. The van der Waals surface area contributed by atoms with Crippen LogP contribution < -0.4 is 10.2 Å². The van der Waals surface area contributed by atoms with Crippen LogP contribution in [0.1, 0.15) is 16.8 Å². The van der Waals surface area contributed by atoms with E-state index in [1.54, 1.807) is 11.1 Å². The first-order valence-electron chi connectivity index (χ1n) is 10.1. The van der Waals surface area contributed by atoms with Crippen LogP contribution in [0.25, 0.3) is 0 Å². The molecule has 0 aliphatic carbocycles. The lowest BCUT2D eigenvalue weighted by Gasteiger charge is -2.35. The zero-order valence-electron chi connectivity index (χ0n) is 17.3. The number of nitro benzene ring substituents is 1. The number of nitrogens with zero attached hydrogens (tertiary/aromatic N) is 4. The van der Waals surface area contributed by atoms with Crippen molar-refractivity contribution in [1.82, 2.24) is 15.2 Å². The number of carbonyl (C=O) groups is 3. The van der Waals surface area contributed by atoms with Crippen LogP contribution in [0.5, 0.6) is 0 Å². The number of ether oxygens (including phenoxy) is 1. The lowest BCUT2D eigenvalue weighted by molar-refractivity contribution is -0.384. The average molecular weight is 441 g/mol. The molecule has 3 rings (SSSR count). The first-order chi connectivity index (χ1) is 15.4. The Kier molecular flexibility index (Phi) is 7.68. The van der Waals surface area contributed by atoms with Crippen molar-refractivity contribution >= 4 is 29.3 Å². The number of benzene rings is 1. The highest BCUT2D eigenvalue weighted by molar-refractivity contribution is 5.94. The zero-order chi connectivity index (χ0) is 22.9. The average Bonchev–Trinajstić information content (AvgIpc) is 2.83. The van der Waals surface area contributed by atoms with Gasteiger partial charge in [-0.3, -0.25) is 24.5 Å². The van der Waals surface area contributed by atoms with Crippen LogP contribution >= 0.6 is 0 Å². The Morgan fingerprint density at radius 2 is 1.78 bits per heavy atom. The van der Waals surface area contributed by atoms with E-state index in [9.17, 15) is 24.5 Å². The van der Waals surface area contributed by atoms with Gasteiger partial charge in [-0.1, -0.05) is 6.07 Å². The minimum absolute atomic E-state index is 0.0194. The van der Waals surface area contributed by atoms with Crippen molar-refractivity contribution in [3.05, 3.63) is 64.3 Å². The number of rotatable bonds is 8. The number of aromatic nitrogens is 1. The normalized spacial score (nSPS) is 13.4. The molecule has 0 bridgehead atoms. The topological polar surface area (TPSA) is 135 Å². The summed E-state index contributed by atoms with van der Waals surface area (Å²) in [6, 6.07) is 10.8. The summed E-state index contributed by atoms with van der Waals surface area (Å²) in [6.07, 6.45) is 1.63. The molecule has 1 N–H and O–H groups in total. The molecule has 1 aromatic heterocycles. The van der Waals surface area contributed by atoms with Gasteiger partial charge in [0.2, 0.25) is 0 Å². The maximum absolute atomic E-state index is 12.3. The Bertz CT molecular complexity index is 958. The highest BCUT2D eigenvalue weighted by Gasteiger charge is 2.22. The van der Waals surface area contributed by atoms with Crippen LogP contribution in [0.3, 0.4) is 0 Å². The summed E-state index contributed by atoms with van der Waals surface area (Å²) in [5.74, 6) is -0.472. The fourth-order valence-electron chi connectivity index (χ4n) is 3.15. The lowest BCUT2D eigenvalue weighted by atomic mass is 10.2. The molecule has 32 heavy (non-hydrogen) atoms. The van der Waals surface area contributed by atoms with Gasteiger partial charge in [-0.2, -0.15) is 0 Å². The summed E-state index contributed by atoms with van der Waals surface area (Å²) in [5.41, 5.74) is 0.122. The quantitative estimate of drug-likeness (QED) is 0.364. The minimum Gasteiger partial charge on any atom is -0.456 e. The Labute approximate surface area is 184 Å². The Balaban J connectivity index is 1.33. The van der Waals surface area contributed by atoms with Gasteiger partial charge in [0.25, 0.3) is 17.5 Å². The first-order valence-corrected chi connectivity index (χ1v) is 10.1. The minimum atomic E-state index is -0.602. The van der Waals surface area contributed by atoms with E-state index in [2.05, 4.69) is 15.2 Å². The third-order valence-electron chi connectivity index (χ3n) is 4.92. The van der Waals surface area contributed by atoms with Crippen molar-refractivity contribution < 1.29 is 24.0 Å². The fraction of sp³-hybridized carbons (Fsp3) is 0.333. The number of piperazine rings is 1. The van der Waals surface area contributed by atoms with Gasteiger partial charge in [0.05, 0.1) is 11.3 Å². The Hall–Kier alpha value is -4.02. The lowest BCUT2D eigenvalue weighted by Crippen LogP contribution is -2.50. The number of esters is 1. The maximum Gasteiger partial charge on any atom is 0.308 e. The number of hydrogen-bond donors (Lipinski definition) is 1. The van der Waals surface area contributed by atoms with Crippen molar-refractivity contribution in [2.24, 2.45) is 0 Å². The van der Waals surface area contributed by atoms with E-state index in [4.69, 9.17) is 4.74 Å². The van der Waals surface area contributed by atoms with E-state index in [0.717, 1.165) is 5.82 Å². The van der Waals surface area contributed by atoms with E-state index in [0.29, 0.717) is 26.2 Å². The van der Waals surface area contributed by atoms with Gasteiger partial charge in [-0.05, 0) is 24.3 Å². The second-order valence-corrected chi connectivity index (χ2v) is 7.03. The van der Waals surface area contributed by atoms with Gasteiger partial charge in [0.1, 0.15) is 5.82 Å². The van der Waals surface area contributed by atoms with Gasteiger partial charge in [-0.15, -0.1) is 0 Å². The van der Waals surface area contributed by atoms with Crippen LogP contribution in [0.2, 0.25) is 0 Å². The predicted octanol–water partition coefficient (Wildman–Crippen LogP) is 1.00. The van der Waals surface area contributed by atoms with E-state index in [1.807, 2.05) is 18.2 Å². The summed E-state index contributed by atoms with van der Waals surface area (Å²) in [7, 11) is 0. The Morgan fingerprint density at radius 1 is 1.06 bits per heavy atom. The summed E-state index contributed by atoms with van der Waals surface area (Å²) in [5, 5.41) is 13.2. The summed E-state index contributed by atoms with van der Waals surface area (Å²) < 4.78 is 5.02. The molecule has 0 radical (unpaired) electrons. The molecule has 0 unspecified atom stereocenters. The number of anilines is 1. The number of hydrogen-bond acceptors (Lipinski definition) is 8. The highest BCUT2D eigenvalue weighted by atomic mass is 16.6. The van der Waals surface area contributed by atoms with Crippen molar-refractivity contribution in [2.45, 2.75) is 6.42 Å². The molecule has 168 valence electrons. The van der Waals surface area contributed by atoms with Crippen molar-refractivity contribution in [3.8, 4) is 0 Å². The number of non-ortho nitro benzene ring substituents is 1. The van der Waals surface area contributed by atoms with Gasteiger partial charge in [0, 0.05) is 56.6 Å². The second-order valence-electron chi connectivity index (χ2n) is 7.03. The number of nitrogens with one attached hydrogen (secondary N) is 1. The molecule has 2 amide bonds. The summed E-state index contributed by atoms with van der Waals surface area (Å²) in [6.45, 7) is 1.98. The van der Waals surface area contributed by atoms with E-state index < -0.39 is 16.8 Å². The van der Waals surface area contributed by atoms with E-state index >= 15 is 0 Å². The summed E-state index contributed by atoms with van der Waals surface area (Å²) in [4.78, 5) is 54.3. The van der Waals surface area contributed by atoms with Crippen LogP contribution in [0.4, 0.5) is 11.5 Å². The van der Waals surface area contributed by atoms with Gasteiger partial charge < -0.3 is 19.9 Å². The third-order valence-corrected chi connectivity index (χ3v) is 4.92. The molecule has 1 aliphatic rings. The molecule has 0 spiro atoms. The molecule has 0 atom stereocenters. The highest BCUT2D eigenvalue weighted by Crippen LogP contribution is 2.13. The van der Waals surface area contributed by atoms with Crippen LogP contribution in [0.15, 0.2) is 48.7 Å². The molecular formula is C21H23N5O6. The number of pyridine rings is 1. The molecule has 1 aromatic carbocycles. The fourth-order valence-corrected chi connectivity index (χ4v) is 3.15. The SMILES string of the molecule is O=C(CCNC(=O)c1ccc([N+](=O)[O-])cc1)OCC(=O)N1CCN(c2ccccn2)CC1. The molecule has 1 saturated heterocycles. The maximum atomic E-state index is 12.3. The van der Waals surface area contributed by atoms with E-state index in [-0.39, 0.29) is 36.7 Å². The first kappa shape index (κ1) is 22.7. The van der Waals surface area contributed by atoms with Crippen molar-refractivity contribution in [1.29, 1.82) is 0 Å². The molecular weight excluding hydrogens is 418 g/mol. The number of nitro groups is 1. The largest absolute Gasteiger partial charge is 0.456 e. The van der Waals surface area contributed by atoms with Crippen LogP contribution in [-0.2, 0) is 14.3 Å². The molecule has 2 heterocycles. The predicted molar refractivity (Wildman–Crippen MR) is 114 cm³/mol. The van der Waals surface area contributed by atoms with Crippen molar-refractivity contribution in [2.75, 3.05) is 44.2 Å². The van der Waals surface area contributed by atoms with Gasteiger partial charge >= 0.3 is 5.97 Å². The number of carbonyl (C=O) groups excluding carboxylic acids is 3. The van der Waals surface area contributed by atoms with Gasteiger partial charge in [-0.25, -0.2) is 4.98 Å². The molecule has 11 heteroatoms. The van der Waals surface area contributed by atoms with Crippen LogP contribution in [-0.4, -0.2) is 71.9 Å².